The van der Waals surface area contributed by atoms with Crippen molar-refractivity contribution < 1.29 is 14.3 Å². The molecule has 2 aromatic rings. The fourth-order valence-electron chi connectivity index (χ4n) is 2.07. The summed E-state index contributed by atoms with van der Waals surface area (Å²) in [4.78, 5) is 12.0. The van der Waals surface area contributed by atoms with Crippen LogP contribution in [0.2, 0.25) is 5.02 Å². The molecule has 0 bridgehead atoms. The molecular weight excluding hydrogens is 316 g/mol. The first-order chi connectivity index (χ1) is 11.0. The molecule has 0 heterocycles. The maximum Gasteiger partial charge on any atom is 0.319 e. The first-order valence-electron chi connectivity index (χ1n) is 7.05. The van der Waals surface area contributed by atoms with Crippen LogP contribution < -0.4 is 20.1 Å². The molecule has 0 aliphatic carbocycles. The molecule has 0 spiro atoms. The number of ether oxygens (including phenoxy) is 2. The number of carbonyl (C=O) groups excluding carboxylic acids is 1. The summed E-state index contributed by atoms with van der Waals surface area (Å²) in [6, 6.07) is 10.5. The van der Waals surface area contributed by atoms with Gasteiger partial charge in [-0.2, -0.15) is 0 Å². The molecule has 0 fully saturated rings. The summed E-state index contributed by atoms with van der Waals surface area (Å²) in [7, 11) is 3.15. The molecule has 0 aromatic heterocycles. The van der Waals surface area contributed by atoms with Crippen molar-refractivity contribution >= 4 is 23.3 Å². The van der Waals surface area contributed by atoms with Gasteiger partial charge in [0.25, 0.3) is 0 Å². The Morgan fingerprint density at radius 1 is 1.09 bits per heavy atom. The van der Waals surface area contributed by atoms with Crippen molar-refractivity contribution in [3.63, 3.8) is 0 Å². The smallest absolute Gasteiger partial charge is 0.319 e. The molecule has 2 rings (SSSR count). The zero-order valence-electron chi connectivity index (χ0n) is 13.3. The second-order valence-electron chi connectivity index (χ2n) is 4.96. The van der Waals surface area contributed by atoms with Gasteiger partial charge in [-0.25, -0.2) is 4.79 Å². The summed E-state index contributed by atoms with van der Waals surface area (Å²) in [6.45, 7) is 2.27. The molecule has 5 nitrogen and oxygen atoms in total. The minimum absolute atomic E-state index is 0.301. The highest BCUT2D eigenvalue weighted by atomic mass is 35.5. The van der Waals surface area contributed by atoms with Crippen molar-refractivity contribution in [2.75, 3.05) is 19.5 Å². The number of hydrogen-bond donors (Lipinski definition) is 2. The SMILES string of the molecule is COc1ccc(CNC(=O)Nc2cc(Cl)ccc2C)cc1OC. The fraction of sp³-hybridized carbons (Fsp3) is 0.235. The van der Waals surface area contributed by atoms with Gasteiger partial charge in [-0.3, -0.25) is 0 Å². The fourth-order valence-corrected chi connectivity index (χ4v) is 2.24. The molecule has 0 atom stereocenters. The van der Waals surface area contributed by atoms with E-state index in [-0.39, 0.29) is 6.03 Å². The molecule has 0 unspecified atom stereocenters. The van der Waals surface area contributed by atoms with Gasteiger partial charge in [-0.1, -0.05) is 23.7 Å². The number of nitrogens with one attached hydrogen (secondary N) is 2. The van der Waals surface area contributed by atoms with Gasteiger partial charge >= 0.3 is 6.03 Å². The summed E-state index contributed by atoms with van der Waals surface area (Å²) < 4.78 is 10.4. The zero-order chi connectivity index (χ0) is 16.8. The Bertz CT molecular complexity index is 704. The Labute approximate surface area is 140 Å². The Morgan fingerprint density at radius 3 is 2.52 bits per heavy atom. The zero-order valence-corrected chi connectivity index (χ0v) is 14.0. The van der Waals surface area contributed by atoms with Crippen LogP contribution in [0.3, 0.4) is 0 Å². The molecule has 6 heteroatoms. The largest absolute Gasteiger partial charge is 0.493 e. The van der Waals surface area contributed by atoms with Gasteiger partial charge in [0.1, 0.15) is 0 Å². The quantitative estimate of drug-likeness (QED) is 0.869. The Hall–Kier alpha value is -2.40. The maximum atomic E-state index is 12.0. The van der Waals surface area contributed by atoms with Gasteiger partial charge in [0.05, 0.1) is 14.2 Å². The summed E-state index contributed by atoms with van der Waals surface area (Å²) >= 11 is 5.94. The molecule has 0 aliphatic rings. The number of benzene rings is 2. The van der Waals surface area contributed by atoms with Crippen LogP contribution in [0, 0.1) is 6.92 Å². The van der Waals surface area contributed by atoms with Crippen molar-refractivity contribution in [3.05, 3.63) is 52.5 Å². The van der Waals surface area contributed by atoms with Gasteiger partial charge in [-0.05, 0) is 42.3 Å². The number of rotatable bonds is 5. The second-order valence-corrected chi connectivity index (χ2v) is 5.39. The molecule has 2 N–H and O–H groups in total. The van der Waals surface area contributed by atoms with Crippen LogP contribution in [0.4, 0.5) is 10.5 Å². The van der Waals surface area contributed by atoms with Gasteiger partial charge in [-0.15, -0.1) is 0 Å². The lowest BCUT2D eigenvalue weighted by Gasteiger charge is -2.12. The van der Waals surface area contributed by atoms with E-state index in [1.54, 1.807) is 32.4 Å². The number of hydrogen-bond acceptors (Lipinski definition) is 3. The van der Waals surface area contributed by atoms with E-state index in [9.17, 15) is 4.79 Å². The van der Waals surface area contributed by atoms with Crippen LogP contribution in [-0.4, -0.2) is 20.3 Å². The molecular formula is C17H19ClN2O3. The van der Waals surface area contributed by atoms with Gasteiger partial charge in [0.15, 0.2) is 11.5 Å². The highest BCUT2D eigenvalue weighted by molar-refractivity contribution is 6.31. The molecule has 0 radical (unpaired) electrons. The van der Waals surface area contributed by atoms with Crippen molar-refractivity contribution in [2.24, 2.45) is 0 Å². The highest BCUT2D eigenvalue weighted by Gasteiger charge is 2.07. The van der Waals surface area contributed by atoms with Crippen LogP contribution in [0.15, 0.2) is 36.4 Å². The number of amides is 2. The first kappa shape index (κ1) is 17.0. The van der Waals surface area contributed by atoms with E-state index < -0.39 is 0 Å². The van der Waals surface area contributed by atoms with E-state index in [1.807, 2.05) is 25.1 Å². The molecule has 2 aromatic carbocycles. The van der Waals surface area contributed by atoms with Crippen molar-refractivity contribution in [3.8, 4) is 11.5 Å². The summed E-state index contributed by atoms with van der Waals surface area (Å²) in [5.74, 6) is 1.27. The molecule has 0 saturated heterocycles. The predicted molar refractivity (Wildman–Crippen MR) is 91.6 cm³/mol. The second kappa shape index (κ2) is 7.74. The lowest BCUT2D eigenvalue weighted by atomic mass is 10.2. The molecule has 0 aliphatic heterocycles. The van der Waals surface area contributed by atoms with Gasteiger partial charge in [0, 0.05) is 17.3 Å². The lowest BCUT2D eigenvalue weighted by Crippen LogP contribution is -2.28. The number of halogens is 1. The standard InChI is InChI=1S/C17H19ClN2O3/c1-11-4-6-13(18)9-14(11)20-17(21)19-10-12-5-7-15(22-2)16(8-12)23-3/h4-9H,10H2,1-3H3,(H2,19,20,21). The van der Waals surface area contributed by atoms with E-state index >= 15 is 0 Å². The Balaban J connectivity index is 1.98. The average molecular weight is 335 g/mol. The molecule has 0 saturated carbocycles. The number of urea groups is 1. The minimum Gasteiger partial charge on any atom is -0.493 e. The Morgan fingerprint density at radius 2 is 1.83 bits per heavy atom. The number of methoxy groups -OCH3 is 2. The number of aryl methyl sites for hydroxylation is 1. The summed E-state index contributed by atoms with van der Waals surface area (Å²) in [6.07, 6.45) is 0. The van der Waals surface area contributed by atoms with Crippen molar-refractivity contribution in [1.29, 1.82) is 0 Å². The third-order valence-corrected chi connectivity index (χ3v) is 3.58. The summed E-state index contributed by atoms with van der Waals surface area (Å²) in [5.41, 5.74) is 2.53. The van der Waals surface area contributed by atoms with E-state index in [0.29, 0.717) is 28.8 Å². The molecule has 23 heavy (non-hydrogen) atoms. The van der Waals surface area contributed by atoms with Gasteiger partial charge < -0.3 is 20.1 Å². The number of anilines is 1. The monoisotopic (exact) mass is 334 g/mol. The normalized spacial score (nSPS) is 10.1. The highest BCUT2D eigenvalue weighted by Crippen LogP contribution is 2.27. The maximum absolute atomic E-state index is 12.0. The lowest BCUT2D eigenvalue weighted by molar-refractivity contribution is 0.251. The number of carbonyl (C=O) groups is 1. The minimum atomic E-state index is -0.301. The predicted octanol–water partition coefficient (Wildman–Crippen LogP) is 3.99. The third kappa shape index (κ3) is 4.53. The van der Waals surface area contributed by atoms with E-state index in [0.717, 1.165) is 11.1 Å². The van der Waals surface area contributed by atoms with Crippen LogP contribution >= 0.6 is 11.6 Å². The van der Waals surface area contributed by atoms with Crippen molar-refractivity contribution in [1.82, 2.24) is 5.32 Å². The topological polar surface area (TPSA) is 59.6 Å². The molecule has 122 valence electrons. The van der Waals surface area contributed by atoms with E-state index in [2.05, 4.69) is 10.6 Å². The van der Waals surface area contributed by atoms with E-state index in [4.69, 9.17) is 21.1 Å². The van der Waals surface area contributed by atoms with Crippen LogP contribution in [0.25, 0.3) is 0 Å². The van der Waals surface area contributed by atoms with Crippen molar-refractivity contribution in [2.45, 2.75) is 13.5 Å². The summed E-state index contributed by atoms with van der Waals surface area (Å²) in [5, 5.41) is 6.15. The van der Waals surface area contributed by atoms with Crippen LogP contribution in [0.5, 0.6) is 11.5 Å². The average Bonchev–Trinajstić information content (AvgIpc) is 2.56. The van der Waals surface area contributed by atoms with Crippen LogP contribution in [0.1, 0.15) is 11.1 Å². The Kier molecular flexibility index (Phi) is 5.71. The third-order valence-electron chi connectivity index (χ3n) is 3.35. The van der Waals surface area contributed by atoms with E-state index in [1.165, 1.54) is 0 Å². The molecule has 2 amide bonds. The van der Waals surface area contributed by atoms with Gasteiger partial charge in [0.2, 0.25) is 0 Å². The van der Waals surface area contributed by atoms with Crippen LogP contribution in [-0.2, 0) is 6.54 Å². The first-order valence-corrected chi connectivity index (χ1v) is 7.43.